The second-order valence-corrected chi connectivity index (χ2v) is 6.54. The molecule has 0 fully saturated rings. The van der Waals surface area contributed by atoms with Gasteiger partial charge in [-0.05, 0) is 23.3 Å². The number of para-hydroxylation sites is 1. The monoisotopic (exact) mass is 418 g/mol. The molecule has 3 aromatic carbocycles. The zero-order chi connectivity index (χ0) is 22.1. The Morgan fingerprint density at radius 3 is 2.06 bits per heavy atom. The average molecular weight is 418 g/mol. The molecule has 0 aliphatic carbocycles. The minimum Gasteiger partial charge on any atom is -0.481 e. The zero-order valence-electron chi connectivity index (χ0n) is 16.9. The van der Waals surface area contributed by atoms with Crippen molar-refractivity contribution >= 4 is 18.1 Å². The summed E-state index contributed by atoms with van der Waals surface area (Å²) in [5.74, 6) is -0.836. The fourth-order valence-corrected chi connectivity index (χ4v) is 2.94. The number of nitrogens with one attached hydrogen (secondary N) is 1. The number of hydrazone groups is 1. The largest absolute Gasteiger partial charge is 0.481 e. The SMILES string of the molecule is COC(=O)COc1ccccc1/C=N\NC(=O)C(O)(c1ccccc1)c1ccccc1. The summed E-state index contributed by atoms with van der Waals surface area (Å²) in [5.41, 5.74) is 1.84. The maximum Gasteiger partial charge on any atom is 0.343 e. The van der Waals surface area contributed by atoms with Crippen LogP contribution in [0, 0.1) is 0 Å². The molecule has 0 heterocycles. The van der Waals surface area contributed by atoms with E-state index in [1.165, 1.54) is 13.3 Å². The van der Waals surface area contributed by atoms with Crippen LogP contribution in [0.2, 0.25) is 0 Å². The normalized spacial score (nSPS) is 11.2. The summed E-state index contributed by atoms with van der Waals surface area (Å²) in [6.45, 7) is -0.254. The van der Waals surface area contributed by atoms with Crippen molar-refractivity contribution in [2.75, 3.05) is 13.7 Å². The highest BCUT2D eigenvalue weighted by molar-refractivity contribution is 5.91. The van der Waals surface area contributed by atoms with E-state index in [2.05, 4.69) is 15.3 Å². The Morgan fingerprint density at radius 1 is 0.935 bits per heavy atom. The maximum absolute atomic E-state index is 13.0. The van der Waals surface area contributed by atoms with E-state index in [1.54, 1.807) is 84.9 Å². The van der Waals surface area contributed by atoms with Crippen LogP contribution in [0.4, 0.5) is 0 Å². The van der Waals surface area contributed by atoms with Crippen molar-refractivity contribution in [1.82, 2.24) is 5.43 Å². The first-order chi connectivity index (χ1) is 15.1. The summed E-state index contributed by atoms with van der Waals surface area (Å²) >= 11 is 0. The van der Waals surface area contributed by atoms with Gasteiger partial charge >= 0.3 is 5.97 Å². The number of aliphatic hydroxyl groups is 1. The topological polar surface area (TPSA) is 97.2 Å². The Labute approximate surface area is 179 Å². The van der Waals surface area contributed by atoms with E-state index >= 15 is 0 Å². The summed E-state index contributed by atoms with van der Waals surface area (Å²) in [6.07, 6.45) is 1.38. The van der Waals surface area contributed by atoms with Crippen molar-refractivity contribution in [2.45, 2.75) is 5.60 Å². The van der Waals surface area contributed by atoms with Gasteiger partial charge in [0.15, 0.2) is 12.2 Å². The average Bonchev–Trinajstić information content (AvgIpc) is 2.83. The van der Waals surface area contributed by atoms with Gasteiger partial charge in [-0.25, -0.2) is 10.2 Å². The fourth-order valence-electron chi connectivity index (χ4n) is 2.94. The van der Waals surface area contributed by atoms with Gasteiger partial charge in [0.25, 0.3) is 5.91 Å². The highest BCUT2D eigenvalue weighted by Crippen LogP contribution is 2.29. The van der Waals surface area contributed by atoms with E-state index in [1.807, 2.05) is 0 Å². The van der Waals surface area contributed by atoms with E-state index < -0.39 is 17.5 Å². The predicted molar refractivity (Wildman–Crippen MR) is 116 cm³/mol. The first-order valence-electron chi connectivity index (χ1n) is 9.51. The van der Waals surface area contributed by atoms with Gasteiger partial charge in [-0.15, -0.1) is 0 Å². The lowest BCUT2D eigenvalue weighted by Crippen LogP contribution is -2.43. The summed E-state index contributed by atoms with van der Waals surface area (Å²) in [4.78, 5) is 24.3. The molecule has 1 amide bonds. The Morgan fingerprint density at radius 2 is 1.48 bits per heavy atom. The number of esters is 1. The lowest BCUT2D eigenvalue weighted by molar-refractivity contribution is -0.143. The molecule has 7 heteroatoms. The third kappa shape index (κ3) is 5.15. The van der Waals surface area contributed by atoms with Crippen molar-refractivity contribution in [3.05, 3.63) is 102 Å². The fraction of sp³-hybridized carbons (Fsp3) is 0.125. The number of rotatable bonds is 8. The number of hydrogen-bond acceptors (Lipinski definition) is 6. The molecule has 2 N–H and O–H groups in total. The molecule has 158 valence electrons. The molecule has 0 spiro atoms. The third-order valence-corrected chi connectivity index (χ3v) is 4.57. The van der Waals surface area contributed by atoms with Crippen molar-refractivity contribution < 1.29 is 24.2 Å². The van der Waals surface area contributed by atoms with Crippen LogP contribution in [-0.2, 0) is 19.9 Å². The molecule has 0 aliphatic heterocycles. The van der Waals surface area contributed by atoms with Crippen LogP contribution in [-0.4, -0.2) is 36.9 Å². The Bertz CT molecular complexity index is 1010. The Balaban J connectivity index is 1.81. The number of carbonyl (C=O) groups excluding carboxylic acids is 2. The molecule has 0 atom stereocenters. The lowest BCUT2D eigenvalue weighted by Gasteiger charge is -2.27. The zero-order valence-corrected chi connectivity index (χ0v) is 16.9. The molecule has 3 rings (SSSR count). The van der Waals surface area contributed by atoms with Crippen LogP contribution in [0.3, 0.4) is 0 Å². The van der Waals surface area contributed by atoms with Gasteiger partial charge in [0.05, 0.1) is 13.3 Å². The van der Waals surface area contributed by atoms with E-state index in [0.29, 0.717) is 22.4 Å². The molecule has 0 saturated carbocycles. The van der Waals surface area contributed by atoms with Crippen LogP contribution in [0.15, 0.2) is 90.0 Å². The first-order valence-corrected chi connectivity index (χ1v) is 9.51. The van der Waals surface area contributed by atoms with Crippen LogP contribution >= 0.6 is 0 Å². The van der Waals surface area contributed by atoms with Crippen LogP contribution in [0.5, 0.6) is 5.75 Å². The van der Waals surface area contributed by atoms with Gasteiger partial charge in [0, 0.05) is 5.56 Å². The standard InChI is InChI=1S/C24H22N2O5/c1-30-22(27)17-31-21-15-9-8-10-18(21)16-25-26-23(28)24(29,19-11-4-2-5-12-19)20-13-6-3-7-14-20/h2-16,29H,17H2,1H3,(H,26,28)/b25-16-. The highest BCUT2D eigenvalue weighted by atomic mass is 16.6. The second kappa shape index (κ2) is 10.2. The summed E-state index contributed by atoms with van der Waals surface area (Å²) < 4.78 is 9.99. The van der Waals surface area contributed by atoms with Gasteiger partial charge in [0.1, 0.15) is 5.75 Å². The number of benzene rings is 3. The summed E-state index contributed by atoms with van der Waals surface area (Å²) in [6, 6.07) is 24.2. The molecule has 0 radical (unpaired) electrons. The molecule has 31 heavy (non-hydrogen) atoms. The van der Waals surface area contributed by atoms with Crippen molar-refractivity contribution in [1.29, 1.82) is 0 Å². The van der Waals surface area contributed by atoms with Crippen molar-refractivity contribution in [3.63, 3.8) is 0 Å². The van der Waals surface area contributed by atoms with E-state index in [9.17, 15) is 14.7 Å². The third-order valence-electron chi connectivity index (χ3n) is 4.57. The van der Waals surface area contributed by atoms with Gasteiger partial charge in [0.2, 0.25) is 0 Å². The van der Waals surface area contributed by atoms with E-state index in [4.69, 9.17) is 4.74 Å². The van der Waals surface area contributed by atoms with Gasteiger partial charge < -0.3 is 14.6 Å². The lowest BCUT2D eigenvalue weighted by atomic mass is 9.85. The minimum absolute atomic E-state index is 0.254. The molecule has 0 aliphatic rings. The Kier molecular flexibility index (Phi) is 7.13. The van der Waals surface area contributed by atoms with E-state index in [-0.39, 0.29) is 6.61 Å². The molecule has 7 nitrogen and oxygen atoms in total. The number of nitrogens with zero attached hydrogens (tertiary/aromatic N) is 1. The molecule has 0 aromatic heterocycles. The van der Waals surface area contributed by atoms with Crippen molar-refractivity contribution in [2.24, 2.45) is 5.10 Å². The van der Waals surface area contributed by atoms with Gasteiger partial charge in [-0.3, -0.25) is 4.79 Å². The molecule has 0 saturated heterocycles. The Hall–Kier alpha value is -3.97. The minimum atomic E-state index is -1.93. The van der Waals surface area contributed by atoms with Crippen LogP contribution in [0.25, 0.3) is 0 Å². The summed E-state index contributed by atoms with van der Waals surface area (Å²) in [5, 5.41) is 15.4. The maximum atomic E-state index is 13.0. The number of methoxy groups -OCH3 is 1. The van der Waals surface area contributed by atoms with Crippen molar-refractivity contribution in [3.8, 4) is 5.75 Å². The number of amides is 1. The molecular weight excluding hydrogens is 396 g/mol. The van der Waals surface area contributed by atoms with Gasteiger partial charge in [-0.1, -0.05) is 72.8 Å². The molecule has 0 bridgehead atoms. The summed E-state index contributed by atoms with van der Waals surface area (Å²) in [7, 11) is 1.27. The quantitative estimate of drug-likeness (QED) is 0.333. The number of carbonyl (C=O) groups is 2. The van der Waals surface area contributed by atoms with Gasteiger partial charge in [-0.2, -0.15) is 5.10 Å². The number of hydrogen-bond donors (Lipinski definition) is 2. The molecule has 3 aromatic rings. The van der Waals surface area contributed by atoms with Crippen LogP contribution < -0.4 is 10.2 Å². The van der Waals surface area contributed by atoms with Crippen LogP contribution in [0.1, 0.15) is 16.7 Å². The molecule has 0 unspecified atom stereocenters. The smallest absolute Gasteiger partial charge is 0.343 e. The second-order valence-electron chi connectivity index (χ2n) is 6.54. The predicted octanol–water partition coefficient (Wildman–Crippen LogP) is 2.62. The molecular formula is C24H22N2O5. The number of ether oxygens (including phenoxy) is 2. The van der Waals surface area contributed by atoms with E-state index in [0.717, 1.165) is 0 Å². The highest BCUT2D eigenvalue weighted by Gasteiger charge is 2.39. The first kappa shape index (κ1) is 21.7.